The molecule has 0 bridgehead atoms. The van der Waals surface area contributed by atoms with E-state index in [2.05, 4.69) is 39.8 Å². The van der Waals surface area contributed by atoms with E-state index in [9.17, 15) is 0 Å². The number of H-pyrrole nitrogens is 1. The monoisotopic (exact) mass is 227 g/mol. The molecule has 1 fully saturated rings. The molecule has 2 aromatic rings. The van der Waals surface area contributed by atoms with Crippen LogP contribution in [-0.4, -0.2) is 17.2 Å². The minimum Gasteiger partial charge on any atom is -0.316 e. The topological polar surface area (TPSA) is 40.7 Å². The van der Waals surface area contributed by atoms with E-state index in [4.69, 9.17) is 0 Å². The Morgan fingerprint density at radius 3 is 2.71 bits per heavy atom. The van der Waals surface area contributed by atoms with E-state index < -0.39 is 0 Å². The quantitative estimate of drug-likeness (QED) is 0.843. The zero-order chi connectivity index (χ0) is 11.7. The molecule has 88 valence electrons. The first-order valence-electron chi connectivity index (χ1n) is 6.17. The number of hydrogen-bond donors (Lipinski definition) is 2. The van der Waals surface area contributed by atoms with E-state index in [0.717, 1.165) is 12.2 Å². The highest BCUT2D eigenvalue weighted by molar-refractivity contribution is 5.64. The first kappa shape index (κ1) is 10.5. The van der Waals surface area contributed by atoms with E-state index in [1.165, 1.54) is 29.7 Å². The molecule has 1 heterocycles. The third kappa shape index (κ3) is 1.98. The second-order valence-electron chi connectivity index (χ2n) is 4.64. The number of nitrogens with one attached hydrogen (secondary N) is 2. The third-order valence-corrected chi connectivity index (χ3v) is 3.29. The standard InChI is InChI=1S/C14H17N3/c1-15-9-12-13(10-5-3-2-4-6-10)16-17-14(12)11-7-8-11/h2-6,11,15H,7-9H2,1H3,(H,16,17). The van der Waals surface area contributed by atoms with Crippen LogP contribution >= 0.6 is 0 Å². The summed E-state index contributed by atoms with van der Waals surface area (Å²) >= 11 is 0. The second kappa shape index (κ2) is 4.34. The van der Waals surface area contributed by atoms with Crippen LogP contribution in [0.2, 0.25) is 0 Å². The van der Waals surface area contributed by atoms with Crippen LogP contribution in [0.25, 0.3) is 11.3 Å². The molecule has 1 aromatic carbocycles. The van der Waals surface area contributed by atoms with Crippen LogP contribution in [-0.2, 0) is 6.54 Å². The lowest BCUT2D eigenvalue weighted by Crippen LogP contribution is -2.07. The SMILES string of the molecule is CNCc1c(-c2ccccc2)n[nH]c1C1CC1. The highest BCUT2D eigenvalue weighted by atomic mass is 15.1. The molecular weight excluding hydrogens is 210 g/mol. The number of rotatable bonds is 4. The van der Waals surface area contributed by atoms with E-state index in [0.29, 0.717) is 5.92 Å². The smallest absolute Gasteiger partial charge is 0.0968 e. The van der Waals surface area contributed by atoms with Crippen molar-refractivity contribution in [3.63, 3.8) is 0 Å². The van der Waals surface area contributed by atoms with Gasteiger partial charge in [-0.1, -0.05) is 30.3 Å². The molecule has 0 unspecified atom stereocenters. The van der Waals surface area contributed by atoms with Gasteiger partial charge in [0, 0.05) is 29.3 Å². The first-order valence-corrected chi connectivity index (χ1v) is 6.17. The average molecular weight is 227 g/mol. The molecule has 3 nitrogen and oxygen atoms in total. The maximum absolute atomic E-state index is 4.50. The Hall–Kier alpha value is -1.61. The van der Waals surface area contributed by atoms with Gasteiger partial charge >= 0.3 is 0 Å². The van der Waals surface area contributed by atoms with Crippen molar-refractivity contribution >= 4 is 0 Å². The number of benzene rings is 1. The van der Waals surface area contributed by atoms with Gasteiger partial charge in [-0.25, -0.2) is 0 Å². The van der Waals surface area contributed by atoms with Gasteiger partial charge in [0.15, 0.2) is 0 Å². The summed E-state index contributed by atoms with van der Waals surface area (Å²) in [5.74, 6) is 0.711. The summed E-state index contributed by atoms with van der Waals surface area (Å²) < 4.78 is 0. The Labute approximate surface area is 101 Å². The Kier molecular flexibility index (Phi) is 2.69. The van der Waals surface area contributed by atoms with Crippen molar-refractivity contribution in [3.05, 3.63) is 41.6 Å². The lowest BCUT2D eigenvalue weighted by molar-refractivity contribution is 0.803. The van der Waals surface area contributed by atoms with Crippen molar-refractivity contribution in [1.29, 1.82) is 0 Å². The van der Waals surface area contributed by atoms with Crippen LogP contribution in [0.4, 0.5) is 0 Å². The number of aromatic amines is 1. The molecule has 0 saturated heterocycles. The molecule has 0 aliphatic heterocycles. The van der Waals surface area contributed by atoms with E-state index >= 15 is 0 Å². The highest BCUT2D eigenvalue weighted by Crippen LogP contribution is 2.42. The van der Waals surface area contributed by atoms with Crippen LogP contribution in [0.15, 0.2) is 30.3 Å². The minimum atomic E-state index is 0.711. The largest absolute Gasteiger partial charge is 0.316 e. The lowest BCUT2D eigenvalue weighted by atomic mass is 10.0. The number of nitrogens with zero attached hydrogens (tertiary/aromatic N) is 1. The van der Waals surface area contributed by atoms with E-state index in [1.807, 2.05) is 13.1 Å². The fourth-order valence-corrected chi connectivity index (χ4v) is 2.28. The molecule has 1 aliphatic carbocycles. The van der Waals surface area contributed by atoms with Gasteiger partial charge in [0.1, 0.15) is 0 Å². The van der Waals surface area contributed by atoms with Crippen molar-refractivity contribution in [1.82, 2.24) is 15.5 Å². The van der Waals surface area contributed by atoms with Crippen molar-refractivity contribution < 1.29 is 0 Å². The van der Waals surface area contributed by atoms with Gasteiger partial charge < -0.3 is 5.32 Å². The normalized spacial score (nSPS) is 15.1. The molecule has 2 N–H and O–H groups in total. The summed E-state index contributed by atoms with van der Waals surface area (Å²) in [7, 11) is 1.98. The van der Waals surface area contributed by atoms with Crippen molar-refractivity contribution in [2.75, 3.05) is 7.05 Å². The molecule has 0 amide bonds. The third-order valence-electron chi connectivity index (χ3n) is 3.29. The maximum atomic E-state index is 4.50. The van der Waals surface area contributed by atoms with Gasteiger partial charge in [-0.2, -0.15) is 5.10 Å². The molecule has 0 radical (unpaired) electrons. The Morgan fingerprint density at radius 1 is 1.29 bits per heavy atom. The van der Waals surface area contributed by atoms with Crippen LogP contribution in [0.3, 0.4) is 0 Å². The zero-order valence-electron chi connectivity index (χ0n) is 10.0. The summed E-state index contributed by atoms with van der Waals surface area (Å²) in [4.78, 5) is 0. The predicted octanol–water partition coefficient (Wildman–Crippen LogP) is 2.67. The Bertz CT molecular complexity index is 497. The lowest BCUT2D eigenvalue weighted by Gasteiger charge is -2.04. The highest BCUT2D eigenvalue weighted by Gasteiger charge is 2.29. The molecule has 1 aromatic heterocycles. The summed E-state index contributed by atoms with van der Waals surface area (Å²) in [6.45, 7) is 0.882. The zero-order valence-corrected chi connectivity index (χ0v) is 10.0. The van der Waals surface area contributed by atoms with E-state index in [-0.39, 0.29) is 0 Å². The van der Waals surface area contributed by atoms with Crippen LogP contribution in [0, 0.1) is 0 Å². The van der Waals surface area contributed by atoms with Gasteiger partial charge in [-0.05, 0) is 19.9 Å². The van der Waals surface area contributed by atoms with Gasteiger partial charge in [-0.3, -0.25) is 5.10 Å². The fourth-order valence-electron chi connectivity index (χ4n) is 2.28. The molecule has 3 rings (SSSR count). The summed E-state index contributed by atoms with van der Waals surface area (Å²) in [6, 6.07) is 10.4. The molecule has 17 heavy (non-hydrogen) atoms. The van der Waals surface area contributed by atoms with E-state index in [1.54, 1.807) is 0 Å². The van der Waals surface area contributed by atoms with Crippen LogP contribution in [0.5, 0.6) is 0 Å². The van der Waals surface area contributed by atoms with Crippen LogP contribution < -0.4 is 5.32 Å². The summed E-state index contributed by atoms with van der Waals surface area (Å²) in [5.41, 5.74) is 4.96. The maximum Gasteiger partial charge on any atom is 0.0968 e. The molecule has 3 heteroatoms. The summed E-state index contributed by atoms with van der Waals surface area (Å²) in [6.07, 6.45) is 2.60. The molecule has 0 spiro atoms. The minimum absolute atomic E-state index is 0.711. The van der Waals surface area contributed by atoms with Gasteiger partial charge in [-0.15, -0.1) is 0 Å². The van der Waals surface area contributed by atoms with Gasteiger partial charge in [0.05, 0.1) is 5.69 Å². The molecule has 0 atom stereocenters. The average Bonchev–Trinajstić information content (AvgIpc) is 3.13. The Balaban J connectivity index is 2.04. The van der Waals surface area contributed by atoms with Crippen molar-refractivity contribution in [2.45, 2.75) is 25.3 Å². The van der Waals surface area contributed by atoms with Crippen molar-refractivity contribution in [3.8, 4) is 11.3 Å². The predicted molar refractivity (Wildman–Crippen MR) is 68.8 cm³/mol. The molecular formula is C14H17N3. The van der Waals surface area contributed by atoms with Crippen LogP contribution in [0.1, 0.15) is 30.0 Å². The number of aromatic nitrogens is 2. The van der Waals surface area contributed by atoms with Gasteiger partial charge in [0.25, 0.3) is 0 Å². The van der Waals surface area contributed by atoms with Gasteiger partial charge in [0.2, 0.25) is 0 Å². The molecule has 1 saturated carbocycles. The first-order chi connectivity index (χ1) is 8.40. The fraction of sp³-hybridized carbons (Fsp3) is 0.357. The Morgan fingerprint density at radius 2 is 2.06 bits per heavy atom. The molecule has 1 aliphatic rings. The second-order valence-corrected chi connectivity index (χ2v) is 4.64. The number of hydrogen-bond acceptors (Lipinski definition) is 2. The summed E-state index contributed by atoms with van der Waals surface area (Å²) in [5, 5.41) is 11.0. The van der Waals surface area contributed by atoms with Crippen molar-refractivity contribution in [2.24, 2.45) is 0 Å².